The minimum atomic E-state index is 0.730. The number of hydrogen-bond acceptors (Lipinski definition) is 5. The molecule has 17 heavy (non-hydrogen) atoms. The second-order valence-corrected chi connectivity index (χ2v) is 3.82. The lowest BCUT2D eigenvalue weighted by Gasteiger charge is -2.26. The van der Waals surface area contributed by atoms with E-state index >= 15 is 0 Å². The zero-order chi connectivity index (χ0) is 11.5. The number of morpholine rings is 1. The standard InChI is InChI=1S/C12H13N3O2/c1-2-11(17-7-1)10-3-4-13-12(14-10)15-5-8-16-9-6-15/h1-4,7H,5-6,8-9H2. The lowest BCUT2D eigenvalue weighted by molar-refractivity contribution is 0.122. The molecular formula is C12H13N3O2. The summed E-state index contributed by atoms with van der Waals surface area (Å²) < 4.78 is 10.6. The predicted octanol–water partition coefficient (Wildman–Crippen LogP) is 1.57. The SMILES string of the molecule is c1coc(-c2ccnc(N3CCOCC3)n2)c1. The molecule has 0 bridgehead atoms. The van der Waals surface area contributed by atoms with Crippen molar-refractivity contribution in [1.82, 2.24) is 9.97 Å². The smallest absolute Gasteiger partial charge is 0.226 e. The van der Waals surface area contributed by atoms with Crippen LogP contribution in [0.25, 0.3) is 11.5 Å². The number of rotatable bonds is 2. The van der Waals surface area contributed by atoms with Crippen molar-refractivity contribution in [2.75, 3.05) is 31.2 Å². The van der Waals surface area contributed by atoms with E-state index in [1.807, 2.05) is 18.2 Å². The van der Waals surface area contributed by atoms with Gasteiger partial charge in [0.05, 0.1) is 19.5 Å². The highest BCUT2D eigenvalue weighted by Crippen LogP contribution is 2.19. The van der Waals surface area contributed by atoms with Crippen LogP contribution in [0.15, 0.2) is 35.1 Å². The van der Waals surface area contributed by atoms with Crippen LogP contribution in [0.2, 0.25) is 0 Å². The molecule has 0 radical (unpaired) electrons. The fourth-order valence-corrected chi connectivity index (χ4v) is 1.83. The van der Waals surface area contributed by atoms with Crippen molar-refractivity contribution in [2.45, 2.75) is 0 Å². The Kier molecular flexibility index (Phi) is 2.75. The number of furan rings is 1. The Morgan fingerprint density at radius 2 is 2.06 bits per heavy atom. The van der Waals surface area contributed by atoms with E-state index in [9.17, 15) is 0 Å². The molecule has 1 saturated heterocycles. The molecule has 0 spiro atoms. The molecule has 0 aromatic carbocycles. The summed E-state index contributed by atoms with van der Waals surface area (Å²) in [5.41, 5.74) is 0.812. The summed E-state index contributed by atoms with van der Waals surface area (Å²) in [6.07, 6.45) is 3.40. The Morgan fingerprint density at radius 3 is 2.82 bits per heavy atom. The molecule has 2 aromatic heterocycles. The van der Waals surface area contributed by atoms with E-state index in [1.54, 1.807) is 12.5 Å². The molecule has 0 atom stereocenters. The number of nitrogens with zero attached hydrogens (tertiary/aromatic N) is 3. The molecule has 0 amide bonds. The third-order valence-electron chi connectivity index (χ3n) is 2.71. The van der Waals surface area contributed by atoms with E-state index in [4.69, 9.17) is 9.15 Å². The van der Waals surface area contributed by atoms with E-state index in [0.29, 0.717) is 0 Å². The zero-order valence-corrected chi connectivity index (χ0v) is 9.37. The van der Waals surface area contributed by atoms with Crippen LogP contribution in [-0.4, -0.2) is 36.3 Å². The summed E-state index contributed by atoms with van der Waals surface area (Å²) in [5.74, 6) is 1.50. The van der Waals surface area contributed by atoms with Crippen molar-refractivity contribution in [3.63, 3.8) is 0 Å². The first-order chi connectivity index (χ1) is 8.43. The van der Waals surface area contributed by atoms with Gasteiger partial charge in [0.1, 0.15) is 5.69 Å². The number of ether oxygens (including phenoxy) is 1. The maximum atomic E-state index is 5.33. The van der Waals surface area contributed by atoms with Gasteiger partial charge in [-0.2, -0.15) is 0 Å². The van der Waals surface area contributed by atoms with Gasteiger partial charge in [-0.1, -0.05) is 0 Å². The van der Waals surface area contributed by atoms with Gasteiger partial charge in [-0.15, -0.1) is 0 Å². The van der Waals surface area contributed by atoms with Gasteiger partial charge in [-0.05, 0) is 18.2 Å². The van der Waals surface area contributed by atoms with Crippen molar-refractivity contribution in [3.05, 3.63) is 30.7 Å². The van der Waals surface area contributed by atoms with Crippen LogP contribution in [0.3, 0.4) is 0 Å². The average Bonchev–Trinajstić information content (AvgIpc) is 2.94. The molecule has 5 heteroatoms. The number of anilines is 1. The van der Waals surface area contributed by atoms with Crippen molar-refractivity contribution < 1.29 is 9.15 Å². The quantitative estimate of drug-likeness (QED) is 0.785. The highest BCUT2D eigenvalue weighted by atomic mass is 16.5. The summed E-state index contributed by atoms with van der Waals surface area (Å²) in [4.78, 5) is 10.9. The Bertz CT molecular complexity index is 478. The first-order valence-electron chi connectivity index (χ1n) is 5.63. The van der Waals surface area contributed by atoms with Crippen LogP contribution < -0.4 is 4.90 Å². The molecule has 0 aliphatic carbocycles. The van der Waals surface area contributed by atoms with Crippen molar-refractivity contribution in [1.29, 1.82) is 0 Å². The summed E-state index contributed by atoms with van der Waals surface area (Å²) in [6.45, 7) is 3.13. The van der Waals surface area contributed by atoms with Gasteiger partial charge >= 0.3 is 0 Å². The molecule has 0 N–H and O–H groups in total. The van der Waals surface area contributed by atoms with Gasteiger partial charge in [0, 0.05) is 19.3 Å². The topological polar surface area (TPSA) is 51.4 Å². The van der Waals surface area contributed by atoms with Gasteiger partial charge < -0.3 is 14.1 Å². The number of hydrogen-bond donors (Lipinski definition) is 0. The monoisotopic (exact) mass is 231 g/mol. The van der Waals surface area contributed by atoms with E-state index < -0.39 is 0 Å². The Balaban J connectivity index is 1.88. The molecule has 1 aliphatic rings. The van der Waals surface area contributed by atoms with Crippen LogP contribution in [-0.2, 0) is 4.74 Å². The maximum absolute atomic E-state index is 5.33. The van der Waals surface area contributed by atoms with E-state index in [2.05, 4.69) is 14.9 Å². The Labute approximate surface area is 99.0 Å². The van der Waals surface area contributed by atoms with Crippen LogP contribution in [0.1, 0.15) is 0 Å². The minimum absolute atomic E-state index is 0.730. The molecule has 2 aromatic rings. The summed E-state index contributed by atoms with van der Waals surface area (Å²) in [5, 5.41) is 0. The second-order valence-electron chi connectivity index (χ2n) is 3.82. The predicted molar refractivity (Wildman–Crippen MR) is 62.8 cm³/mol. The average molecular weight is 231 g/mol. The highest BCUT2D eigenvalue weighted by molar-refractivity contribution is 5.53. The maximum Gasteiger partial charge on any atom is 0.226 e. The highest BCUT2D eigenvalue weighted by Gasteiger charge is 2.14. The van der Waals surface area contributed by atoms with E-state index in [-0.39, 0.29) is 0 Å². The fraction of sp³-hybridized carbons (Fsp3) is 0.333. The largest absolute Gasteiger partial charge is 0.463 e. The molecule has 5 nitrogen and oxygen atoms in total. The molecule has 1 aliphatic heterocycles. The molecule has 0 saturated carbocycles. The first-order valence-corrected chi connectivity index (χ1v) is 5.63. The van der Waals surface area contributed by atoms with Gasteiger partial charge in [0.2, 0.25) is 5.95 Å². The van der Waals surface area contributed by atoms with Crippen molar-refractivity contribution in [3.8, 4) is 11.5 Å². The summed E-state index contributed by atoms with van der Waals surface area (Å²) in [6, 6.07) is 5.60. The normalized spacial score (nSPS) is 16.1. The molecule has 3 heterocycles. The zero-order valence-electron chi connectivity index (χ0n) is 9.37. The molecule has 88 valence electrons. The van der Waals surface area contributed by atoms with Crippen LogP contribution in [0.4, 0.5) is 5.95 Å². The number of aromatic nitrogens is 2. The molecule has 3 rings (SSSR count). The lowest BCUT2D eigenvalue weighted by atomic mass is 10.3. The van der Waals surface area contributed by atoms with E-state index in [0.717, 1.165) is 43.7 Å². The third kappa shape index (κ3) is 2.14. The van der Waals surface area contributed by atoms with E-state index in [1.165, 1.54) is 0 Å². The van der Waals surface area contributed by atoms with Crippen LogP contribution >= 0.6 is 0 Å². The van der Waals surface area contributed by atoms with Crippen LogP contribution in [0.5, 0.6) is 0 Å². The van der Waals surface area contributed by atoms with Gasteiger partial charge in [0.25, 0.3) is 0 Å². The lowest BCUT2D eigenvalue weighted by Crippen LogP contribution is -2.37. The molecule has 1 fully saturated rings. The van der Waals surface area contributed by atoms with Gasteiger partial charge in [-0.3, -0.25) is 0 Å². The minimum Gasteiger partial charge on any atom is -0.463 e. The third-order valence-corrected chi connectivity index (χ3v) is 2.71. The van der Waals surface area contributed by atoms with Crippen molar-refractivity contribution >= 4 is 5.95 Å². The summed E-state index contributed by atoms with van der Waals surface area (Å²) in [7, 11) is 0. The van der Waals surface area contributed by atoms with Gasteiger partial charge in [-0.25, -0.2) is 9.97 Å². The fourth-order valence-electron chi connectivity index (χ4n) is 1.83. The van der Waals surface area contributed by atoms with Crippen molar-refractivity contribution in [2.24, 2.45) is 0 Å². The van der Waals surface area contributed by atoms with Crippen LogP contribution in [0, 0.1) is 0 Å². The second kappa shape index (κ2) is 4.55. The molecular weight excluding hydrogens is 218 g/mol. The summed E-state index contributed by atoms with van der Waals surface area (Å²) >= 11 is 0. The molecule has 0 unspecified atom stereocenters. The Morgan fingerprint density at radius 1 is 1.18 bits per heavy atom. The first kappa shape index (κ1) is 10.3. The Hall–Kier alpha value is -1.88. The van der Waals surface area contributed by atoms with Gasteiger partial charge in [0.15, 0.2) is 5.76 Å².